The lowest BCUT2D eigenvalue weighted by Gasteiger charge is -1.98. The summed E-state index contributed by atoms with van der Waals surface area (Å²) in [6.45, 7) is 5.13. The van der Waals surface area contributed by atoms with E-state index in [1.807, 2.05) is 0 Å². The zero-order chi connectivity index (χ0) is 6.57. The molecule has 0 radical (unpaired) electrons. The minimum Gasteiger partial charge on any atom is -0.392 e. The second-order valence-electron chi connectivity index (χ2n) is 1.73. The van der Waals surface area contributed by atoms with Gasteiger partial charge in [0.1, 0.15) is 5.78 Å². The van der Waals surface area contributed by atoms with Crippen molar-refractivity contribution < 1.29 is 6.22 Å². The first-order valence-electron chi connectivity index (χ1n) is 2.51. The maximum absolute atomic E-state index is 10.3. The molecule has 0 aliphatic heterocycles. The van der Waals surface area contributed by atoms with E-state index < -0.39 is 0 Å². The van der Waals surface area contributed by atoms with E-state index in [1.54, 1.807) is 14.0 Å². The second-order valence-corrected chi connectivity index (χ2v) is 1.73. The molecule has 2 heteroatoms. The van der Waals surface area contributed by atoms with Crippen molar-refractivity contribution in [2.75, 3.05) is 7.05 Å². The summed E-state index contributed by atoms with van der Waals surface area (Å²) in [5.74, 6) is 0.143. The summed E-state index contributed by atoms with van der Waals surface area (Å²) in [6, 6.07) is 0. The molecule has 0 amide bonds. The van der Waals surface area contributed by atoms with Gasteiger partial charge >= 0.3 is 0 Å². The molecule has 0 unspecified atom stereocenters. The first kappa shape index (κ1) is 16.1. The van der Waals surface area contributed by atoms with E-state index in [0.29, 0.717) is 6.42 Å². The number of Topliss-reactive ketones (excluding diaryl/α,β-unsaturated/α-hetero) is 1. The summed E-state index contributed by atoms with van der Waals surface area (Å²) in [5, 5.41) is 2.78. The predicted molar refractivity (Wildman–Crippen MR) is 49.1 cm³/mol. The molecule has 0 aromatic rings. The van der Waals surface area contributed by atoms with E-state index in [4.69, 9.17) is 0 Å². The molecule has 0 aliphatic carbocycles. The Kier molecular flexibility index (Phi) is 13.2. The number of allylic oxidation sites excluding steroid dienone is 1. The molecule has 10 heavy (non-hydrogen) atoms. The number of carbonyl (C=O) groups excluding carboxylic acids is 1. The van der Waals surface area contributed by atoms with Crippen molar-refractivity contribution in [3.8, 4) is 0 Å². The average molecular weight is 147 g/mol. The van der Waals surface area contributed by atoms with Crippen LogP contribution in [-0.4, -0.2) is 12.8 Å². The van der Waals surface area contributed by atoms with Gasteiger partial charge in [-0.25, -0.2) is 0 Å². The molecule has 0 saturated carbocycles. The van der Waals surface area contributed by atoms with Gasteiger partial charge in [-0.1, -0.05) is 21.4 Å². The van der Waals surface area contributed by atoms with Crippen molar-refractivity contribution in [3.05, 3.63) is 12.3 Å². The molecule has 0 heterocycles. The van der Waals surface area contributed by atoms with E-state index >= 15 is 0 Å². The van der Waals surface area contributed by atoms with Crippen LogP contribution in [-0.2, 0) is 4.79 Å². The fraction of sp³-hybridized carbons (Fsp3) is 0.625. The molecule has 64 valence electrons. The molecule has 0 aromatic heterocycles. The van der Waals surface area contributed by atoms with Crippen LogP contribution in [0.5, 0.6) is 0 Å². The van der Waals surface area contributed by atoms with Crippen LogP contribution < -0.4 is 5.32 Å². The highest BCUT2D eigenvalue weighted by Gasteiger charge is 1.92. The highest BCUT2D eigenvalue weighted by Crippen LogP contribution is 1.90. The Hall–Kier alpha value is -0.790. The van der Waals surface area contributed by atoms with E-state index in [9.17, 15) is 4.79 Å². The van der Waals surface area contributed by atoms with Crippen LogP contribution in [0.2, 0.25) is 0 Å². The van der Waals surface area contributed by atoms with Crippen molar-refractivity contribution >= 4 is 5.78 Å². The summed E-state index contributed by atoms with van der Waals surface area (Å²) in [7, 11) is 1.76. The molecule has 0 bridgehead atoms. The lowest BCUT2D eigenvalue weighted by atomic mass is 10.3. The van der Waals surface area contributed by atoms with Crippen LogP contribution in [0, 0.1) is 0 Å². The number of nitrogens with one attached hydrogen (secondary N) is 1. The molecule has 0 rings (SSSR count). The lowest BCUT2D eigenvalue weighted by molar-refractivity contribution is -0.116. The van der Waals surface area contributed by atoms with Gasteiger partial charge in [-0.3, -0.25) is 4.79 Å². The SMILES string of the molecule is C.C.C=C(CC(C)=O)NC.[HH]. The van der Waals surface area contributed by atoms with Crippen LogP contribution in [0.1, 0.15) is 29.6 Å². The Morgan fingerprint density at radius 3 is 2.10 bits per heavy atom. The Balaban J connectivity index is -0.0000000817. The fourth-order valence-electron chi connectivity index (χ4n) is 0.389. The minimum atomic E-state index is 0. The van der Waals surface area contributed by atoms with Crippen LogP contribution in [0.4, 0.5) is 0 Å². The van der Waals surface area contributed by atoms with Crippen molar-refractivity contribution in [1.82, 2.24) is 5.32 Å². The van der Waals surface area contributed by atoms with Gasteiger partial charge in [0.2, 0.25) is 0 Å². The maximum Gasteiger partial charge on any atom is 0.135 e. The fourth-order valence-corrected chi connectivity index (χ4v) is 0.389. The van der Waals surface area contributed by atoms with Crippen molar-refractivity contribution in [1.29, 1.82) is 0 Å². The maximum atomic E-state index is 10.3. The van der Waals surface area contributed by atoms with Crippen LogP contribution in [0.15, 0.2) is 12.3 Å². The number of rotatable bonds is 3. The molecule has 2 nitrogen and oxygen atoms in total. The molecule has 0 aliphatic rings. The van der Waals surface area contributed by atoms with Crippen LogP contribution in [0.3, 0.4) is 0 Å². The summed E-state index contributed by atoms with van der Waals surface area (Å²) in [4.78, 5) is 10.3. The monoisotopic (exact) mass is 147 g/mol. The van der Waals surface area contributed by atoms with Gasteiger partial charge in [0.05, 0.1) is 0 Å². The second kappa shape index (κ2) is 8.21. The quantitative estimate of drug-likeness (QED) is 0.663. The average Bonchev–Trinajstić information content (AvgIpc) is 1.65. The molecule has 0 spiro atoms. The summed E-state index contributed by atoms with van der Waals surface area (Å²) >= 11 is 0. The largest absolute Gasteiger partial charge is 0.392 e. The number of carbonyl (C=O) groups is 1. The Bertz CT molecular complexity index is 113. The molecule has 1 N–H and O–H groups in total. The van der Waals surface area contributed by atoms with Crippen LogP contribution >= 0.6 is 0 Å². The van der Waals surface area contributed by atoms with Gasteiger partial charge in [0.15, 0.2) is 0 Å². The first-order chi connectivity index (χ1) is 3.66. The van der Waals surface area contributed by atoms with E-state index in [0.717, 1.165) is 5.70 Å². The molecular formula is C8H21NO. The van der Waals surface area contributed by atoms with Gasteiger partial charge in [0.25, 0.3) is 0 Å². The van der Waals surface area contributed by atoms with Gasteiger partial charge < -0.3 is 5.32 Å². The van der Waals surface area contributed by atoms with E-state index in [2.05, 4.69) is 11.9 Å². The standard InChI is InChI=1S/C6H11NO.2CH4.H2/c1-5(7-3)4-6(2)8;;;/h7H,1,4H2,2-3H3;2*1H4;1H. The molecule has 0 atom stereocenters. The number of hydrogen-bond donors (Lipinski definition) is 1. The van der Waals surface area contributed by atoms with Crippen molar-refractivity contribution in [2.24, 2.45) is 0 Å². The predicted octanol–water partition coefficient (Wildman–Crippen LogP) is 2.22. The lowest BCUT2D eigenvalue weighted by Crippen LogP contribution is -2.07. The number of hydrogen-bond acceptors (Lipinski definition) is 2. The molecule has 0 fully saturated rings. The van der Waals surface area contributed by atoms with Crippen molar-refractivity contribution in [2.45, 2.75) is 28.2 Å². The smallest absolute Gasteiger partial charge is 0.135 e. The highest BCUT2D eigenvalue weighted by atomic mass is 16.1. The van der Waals surface area contributed by atoms with Gasteiger partial charge in [-0.05, 0) is 6.92 Å². The van der Waals surface area contributed by atoms with Crippen LogP contribution in [0.25, 0.3) is 0 Å². The summed E-state index contributed by atoms with van der Waals surface area (Å²) in [6.07, 6.45) is 0.441. The van der Waals surface area contributed by atoms with E-state index in [1.165, 1.54) is 0 Å². The highest BCUT2D eigenvalue weighted by molar-refractivity contribution is 5.77. The van der Waals surface area contributed by atoms with E-state index in [-0.39, 0.29) is 22.1 Å². The minimum absolute atomic E-state index is 0. The Labute approximate surface area is 65.8 Å². The Morgan fingerprint density at radius 1 is 1.60 bits per heavy atom. The number of ketones is 1. The normalized spacial score (nSPS) is 6.60. The molecule has 0 saturated heterocycles. The first-order valence-corrected chi connectivity index (χ1v) is 2.51. The third kappa shape index (κ3) is 10.2. The Morgan fingerprint density at radius 2 is 2.00 bits per heavy atom. The zero-order valence-electron chi connectivity index (χ0n) is 5.32. The summed E-state index contributed by atoms with van der Waals surface area (Å²) < 4.78 is 0. The molecule has 0 aromatic carbocycles. The third-order valence-electron chi connectivity index (χ3n) is 0.816. The summed E-state index contributed by atoms with van der Waals surface area (Å²) in [5.41, 5.74) is 0.775. The topological polar surface area (TPSA) is 29.1 Å². The van der Waals surface area contributed by atoms with Gasteiger partial charge in [0, 0.05) is 20.6 Å². The van der Waals surface area contributed by atoms with Gasteiger partial charge in [-0.2, -0.15) is 0 Å². The zero-order valence-corrected chi connectivity index (χ0v) is 5.32. The third-order valence-corrected chi connectivity index (χ3v) is 0.816. The van der Waals surface area contributed by atoms with Crippen molar-refractivity contribution in [3.63, 3.8) is 0 Å². The molecular weight excluding hydrogens is 126 g/mol. The van der Waals surface area contributed by atoms with Gasteiger partial charge in [-0.15, -0.1) is 0 Å².